The number of nitrogens with zero attached hydrogens (tertiary/aromatic N) is 2. The van der Waals surface area contributed by atoms with E-state index in [4.69, 9.17) is 0 Å². The minimum Gasteiger partial charge on any atom is -0.336 e. The van der Waals surface area contributed by atoms with Crippen molar-refractivity contribution in [1.29, 1.82) is 0 Å². The Morgan fingerprint density at radius 2 is 1.85 bits per heavy atom. The third-order valence-electron chi connectivity index (χ3n) is 4.49. The van der Waals surface area contributed by atoms with Crippen molar-refractivity contribution in [3.63, 3.8) is 0 Å². The molecule has 5 nitrogen and oxygen atoms in total. The number of aromatic nitrogens is 1. The lowest BCUT2D eigenvalue weighted by Gasteiger charge is -2.38. The van der Waals surface area contributed by atoms with Gasteiger partial charge in [0.25, 0.3) is 11.5 Å². The molecule has 1 saturated carbocycles. The van der Waals surface area contributed by atoms with Crippen LogP contribution in [0.1, 0.15) is 36.0 Å². The van der Waals surface area contributed by atoms with Crippen LogP contribution in [0.4, 0.5) is 0 Å². The van der Waals surface area contributed by atoms with E-state index in [-0.39, 0.29) is 17.0 Å². The number of carbonyl (C=O) groups excluding carboxylic acids is 1. The molecule has 20 heavy (non-hydrogen) atoms. The van der Waals surface area contributed by atoms with Crippen molar-refractivity contribution in [3.05, 3.63) is 34.2 Å². The summed E-state index contributed by atoms with van der Waals surface area (Å²) in [6.07, 6.45) is 6.82. The topological polar surface area (TPSA) is 56.4 Å². The Morgan fingerprint density at radius 1 is 1.15 bits per heavy atom. The largest absolute Gasteiger partial charge is 0.336 e. The van der Waals surface area contributed by atoms with Gasteiger partial charge in [0, 0.05) is 38.4 Å². The van der Waals surface area contributed by atoms with Crippen LogP contribution in [-0.4, -0.2) is 52.9 Å². The molecular weight excluding hydrogens is 254 g/mol. The van der Waals surface area contributed by atoms with Crippen molar-refractivity contribution >= 4 is 5.91 Å². The predicted molar refractivity (Wildman–Crippen MR) is 76.8 cm³/mol. The molecule has 5 heteroatoms. The lowest BCUT2D eigenvalue weighted by molar-refractivity contribution is 0.0571. The molecule has 1 amide bonds. The van der Waals surface area contributed by atoms with E-state index in [0.29, 0.717) is 6.04 Å². The minimum absolute atomic E-state index is 0.141. The first kappa shape index (κ1) is 13.4. The number of aromatic amines is 1. The monoisotopic (exact) mass is 275 g/mol. The molecule has 1 aromatic rings. The highest BCUT2D eigenvalue weighted by atomic mass is 16.2. The number of piperazine rings is 1. The number of hydrogen-bond acceptors (Lipinski definition) is 3. The molecule has 0 bridgehead atoms. The molecule has 0 aromatic carbocycles. The van der Waals surface area contributed by atoms with Gasteiger partial charge in [0.05, 0.1) is 0 Å². The van der Waals surface area contributed by atoms with Gasteiger partial charge in [-0.05, 0) is 25.0 Å². The van der Waals surface area contributed by atoms with E-state index in [1.807, 2.05) is 0 Å². The summed E-state index contributed by atoms with van der Waals surface area (Å²) in [5.41, 5.74) is -0.0439. The summed E-state index contributed by atoms with van der Waals surface area (Å²) in [6, 6.07) is 4.01. The summed E-state index contributed by atoms with van der Waals surface area (Å²) < 4.78 is 0. The highest BCUT2D eigenvalue weighted by Crippen LogP contribution is 2.24. The van der Waals surface area contributed by atoms with Gasteiger partial charge in [-0.2, -0.15) is 0 Å². The van der Waals surface area contributed by atoms with Gasteiger partial charge in [0.15, 0.2) is 0 Å². The van der Waals surface area contributed by atoms with E-state index in [2.05, 4.69) is 9.88 Å². The first-order valence-electron chi connectivity index (χ1n) is 7.47. The van der Waals surface area contributed by atoms with Gasteiger partial charge >= 0.3 is 0 Å². The van der Waals surface area contributed by atoms with E-state index in [1.54, 1.807) is 23.2 Å². The quantitative estimate of drug-likeness (QED) is 0.878. The molecule has 2 heterocycles. The molecule has 1 aromatic heterocycles. The number of H-pyrrole nitrogens is 1. The normalized spacial score (nSPS) is 21.3. The summed E-state index contributed by atoms with van der Waals surface area (Å²) in [6.45, 7) is 3.32. The van der Waals surface area contributed by atoms with Crippen LogP contribution in [0.5, 0.6) is 0 Å². The molecule has 1 aliphatic carbocycles. The first-order chi connectivity index (χ1) is 9.75. The first-order valence-corrected chi connectivity index (χ1v) is 7.47. The molecule has 2 aliphatic rings. The van der Waals surface area contributed by atoms with Crippen LogP contribution < -0.4 is 5.56 Å². The van der Waals surface area contributed by atoms with Crippen LogP contribution in [0.2, 0.25) is 0 Å². The van der Waals surface area contributed by atoms with Crippen LogP contribution in [0.25, 0.3) is 0 Å². The molecule has 0 radical (unpaired) electrons. The molecule has 0 spiro atoms. The molecule has 3 rings (SSSR count). The van der Waals surface area contributed by atoms with Gasteiger partial charge in [-0.1, -0.05) is 12.8 Å². The molecule has 2 fully saturated rings. The van der Waals surface area contributed by atoms with Gasteiger partial charge in [-0.3, -0.25) is 14.5 Å². The zero-order valence-corrected chi connectivity index (χ0v) is 11.7. The van der Waals surface area contributed by atoms with Crippen LogP contribution in [0.15, 0.2) is 23.1 Å². The van der Waals surface area contributed by atoms with Gasteiger partial charge in [0.2, 0.25) is 0 Å². The zero-order chi connectivity index (χ0) is 13.9. The standard InChI is InChI=1S/C15H21N3O2/c19-14-13(6-3-7-16-14)15(20)18-10-8-17(9-11-18)12-4-1-2-5-12/h3,6-7,12H,1-2,4-5,8-11H2,(H,16,19). The smallest absolute Gasteiger partial charge is 0.260 e. The second-order valence-corrected chi connectivity index (χ2v) is 5.68. The Labute approximate surface area is 118 Å². The van der Waals surface area contributed by atoms with Gasteiger partial charge in [0.1, 0.15) is 5.56 Å². The average molecular weight is 275 g/mol. The number of carbonyl (C=O) groups is 1. The fourth-order valence-corrected chi connectivity index (χ4v) is 3.32. The summed E-state index contributed by atoms with van der Waals surface area (Å²) >= 11 is 0. The highest BCUT2D eigenvalue weighted by molar-refractivity contribution is 5.93. The van der Waals surface area contributed by atoms with Crippen molar-refractivity contribution in [1.82, 2.24) is 14.8 Å². The number of pyridine rings is 1. The van der Waals surface area contributed by atoms with E-state index >= 15 is 0 Å². The van der Waals surface area contributed by atoms with Crippen LogP contribution >= 0.6 is 0 Å². The van der Waals surface area contributed by atoms with Crippen LogP contribution in [0, 0.1) is 0 Å². The fourth-order valence-electron chi connectivity index (χ4n) is 3.32. The van der Waals surface area contributed by atoms with Gasteiger partial charge in [-0.15, -0.1) is 0 Å². The molecule has 108 valence electrons. The maximum absolute atomic E-state index is 12.3. The Kier molecular flexibility index (Phi) is 3.87. The predicted octanol–water partition coefficient (Wildman–Crippen LogP) is 1.08. The molecule has 0 atom stereocenters. The number of hydrogen-bond donors (Lipinski definition) is 1. The Morgan fingerprint density at radius 3 is 2.50 bits per heavy atom. The molecule has 1 saturated heterocycles. The van der Waals surface area contributed by atoms with E-state index in [1.165, 1.54) is 25.7 Å². The van der Waals surface area contributed by atoms with Crippen molar-refractivity contribution in [2.24, 2.45) is 0 Å². The third kappa shape index (κ3) is 2.63. The Bertz CT molecular complexity index is 526. The van der Waals surface area contributed by atoms with Crippen molar-refractivity contribution in [2.45, 2.75) is 31.7 Å². The van der Waals surface area contributed by atoms with Crippen molar-refractivity contribution in [3.8, 4) is 0 Å². The zero-order valence-electron chi connectivity index (χ0n) is 11.7. The summed E-state index contributed by atoms with van der Waals surface area (Å²) in [7, 11) is 0. The van der Waals surface area contributed by atoms with E-state index < -0.39 is 0 Å². The van der Waals surface area contributed by atoms with Crippen LogP contribution in [0.3, 0.4) is 0 Å². The van der Waals surface area contributed by atoms with Crippen molar-refractivity contribution < 1.29 is 4.79 Å². The number of nitrogens with one attached hydrogen (secondary N) is 1. The molecule has 1 aliphatic heterocycles. The van der Waals surface area contributed by atoms with E-state index in [0.717, 1.165) is 26.2 Å². The summed E-state index contributed by atoms with van der Waals surface area (Å²) in [5.74, 6) is -0.141. The van der Waals surface area contributed by atoms with Gasteiger partial charge < -0.3 is 9.88 Å². The lowest BCUT2D eigenvalue weighted by Crippen LogP contribution is -2.52. The maximum Gasteiger partial charge on any atom is 0.260 e. The second-order valence-electron chi connectivity index (χ2n) is 5.68. The molecule has 0 unspecified atom stereocenters. The number of rotatable bonds is 2. The lowest BCUT2D eigenvalue weighted by atomic mass is 10.1. The summed E-state index contributed by atoms with van der Waals surface area (Å²) in [4.78, 5) is 30.9. The Balaban J connectivity index is 1.62. The Hall–Kier alpha value is -1.62. The van der Waals surface area contributed by atoms with Crippen molar-refractivity contribution in [2.75, 3.05) is 26.2 Å². The SMILES string of the molecule is O=C(c1ccc[nH]c1=O)N1CCN(C2CCCC2)CC1. The minimum atomic E-state index is -0.296. The second kappa shape index (κ2) is 5.79. The maximum atomic E-state index is 12.3. The fraction of sp³-hybridized carbons (Fsp3) is 0.600. The number of amides is 1. The van der Waals surface area contributed by atoms with E-state index in [9.17, 15) is 9.59 Å². The average Bonchev–Trinajstić information content (AvgIpc) is 3.01. The molecule has 1 N–H and O–H groups in total. The molecular formula is C15H21N3O2. The summed E-state index contributed by atoms with van der Waals surface area (Å²) in [5, 5.41) is 0. The van der Waals surface area contributed by atoms with Gasteiger partial charge in [-0.25, -0.2) is 0 Å². The highest BCUT2D eigenvalue weighted by Gasteiger charge is 2.28. The van der Waals surface area contributed by atoms with Crippen LogP contribution in [-0.2, 0) is 0 Å². The third-order valence-corrected chi connectivity index (χ3v) is 4.49.